The second-order valence-electron chi connectivity index (χ2n) is 5.95. The Hall–Kier alpha value is -2.53. The largest absolute Gasteiger partial charge is 0.493 e. The first-order valence-corrected chi connectivity index (χ1v) is 9.51. The third kappa shape index (κ3) is 3.99. The molecule has 2 heterocycles. The highest BCUT2D eigenvalue weighted by atomic mass is 32.2. The van der Waals surface area contributed by atoms with Crippen molar-refractivity contribution in [3.8, 4) is 17.2 Å². The van der Waals surface area contributed by atoms with Gasteiger partial charge in [0.25, 0.3) is 0 Å². The van der Waals surface area contributed by atoms with Gasteiger partial charge < -0.3 is 14.2 Å². The van der Waals surface area contributed by atoms with Crippen molar-refractivity contribution in [2.24, 2.45) is 0 Å². The van der Waals surface area contributed by atoms with Gasteiger partial charge in [0, 0.05) is 18.3 Å². The van der Waals surface area contributed by atoms with E-state index in [0.717, 1.165) is 12.3 Å². The average Bonchev–Trinajstić information content (AvgIpc) is 2.63. The Kier molecular flexibility index (Phi) is 5.39. The molecule has 0 amide bonds. The van der Waals surface area contributed by atoms with Crippen LogP contribution in [0.2, 0.25) is 0 Å². The minimum Gasteiger partial charge on any atom is -0.493 e. The second kappa shape index (κ2) is 7.47. The Morgan fingerprint density at radius 2 is 1.75 bits per heavy atom. The van der Waals surface area contributed by atoms with Gasteiger partial charge in [-0.1, -0.05) is 0 Å². The lowest BCUT2D eigenvalue weighted by Gasteiger charge is -2.37. The Balaban J connectivity index is 1.68. The van der Waals surface area contributed by atoms with Crippen LogP contribution in [0.3, 0.4) is 0 Å². The number of sulfonamides is 1. The van der Waals surface area contributed by atoms with Crippen LogP contribution in [0, 0.1) is 0 Å². The van der Waals surface area contributed by atoms with E-state index in [9.17, 15) is 21.6 Å². The topological polar surface area (TPSA) is 78.0 Å². The van der Waals surface area contributed by atoms with Crippen LogP contribution in [0.25, 0.3) is 0 Å². The first-order chi connectivity index (χ1) is 13.1. The summed E-state index contributed by atoms with van der Waals surface area (Å²) >= 11 is 0. The number of benzene rings is 1. The zero-order chi connectivity index (χ0) is 20.5. The van der Waals surface area contributed by atoms with Crippen molar-refractivity contribution >= 4 is 10.0 Å². The highest BCUT2D eigenvalue weighted by Gasteiger charge is 2.39. The molecule has 1 aliphatic rings. The predicted octanol–water partition coefficient (Wildman–Crippen LogP) is 2.57. The van der Waals surface area contributed by atoms with Gasteiger partial charge in [-0.3, -0.25) is 4.98 Å². The molecule has 0 atom stereocenters. The normalized spacial score (nSPS) is 15.8. The molecule has 28 heavy (non-hydrogen) atoms. The van der Waals surface area contributed by atoms with E-state index in [1.165, 1.54) is 42.8 Å². The van der Waals surface area contributed by atoms with Gasteiger partial charge in [-0.25, -0.2) is 8.42 Å². The number of pyridine rings is 1. The molecule has 3 rings (SSSR count). The number of methoxy groups -OCH3 is 2. The number of ether oxygens (including phenoxy) is 3. The van der Waals surface area contributed by atoms with Crippen molar-refractivity contribution < 1.29 is 35.8 Å². The van der Waals surface area contributed by atoms with E-state index in [2.05, 4.69) is 4.98 Å². The van der Waals surface area contributed by atoms with Crippen LogP contribution < -0.4 is 14.2 Å². The molecule has 1 saturated heterocycles. The van der Waals surface area contributed by atoms with Gasteiger partial charge in [0.15, 0.2) is 11.5 Å². The number of hydrogen-bond acceptors (Lipinski definition) is 6. The zero-order valence-electron chi connectivity index (χ0n) is 14.9. The monoisotopic (exact) mass is 418 g/mol. The maximum absolute atomic E-state index is 12.7. The Labute approximate surface area is 159 Å². The molecule has 0 bridgehead atoms. The third-order valence-corrected chi connectivity index (χ3v) is 5.96. The van der Waals surface area contributed by atoms with Gasteiger partial charge in [0.2, 0.25) is 10.0 Å². The van der Waals surface area contributed by atoms with E-state index in [1.54, 1.807) is 0 Å². The van der Waals surface area contributed by atoms with E-state index in [0.29, 0.717) is 5.75 Å². The number of alkyl halides is 3. The van der Waals surface area contributed by atoms with Crippen molar-refractivity contribution in [2.45, 2.75) is 17.2 Å². The predicted molar refractivity (Wildman–Crippen MR) is 92.0 cm³/mol. The number of nitrogens with zero attached hydrogens (tertiary/aromatic N) is 2. The SMILES string of the molecule is COc1ccc(S(=O)(=O)N2CC(Oc3ccnc(C(F)(F)F)c3)C2)cc1OC. The maximum Gasteiger partial charge on any atom is 0.433 e. The maximum atomic E-state index is 12.7. The van der Waals surface area contributed by atoms with E-state index < -0.39 is 28.0 Å². The van der Waals surface area contributed by atoms with E-state index >= 15 is 0 Å². The van der Waals surface area contributed by atoms with Gasteiger partial charge in [-0.05, 0) is 18.2 Å². The lowest BCUT2D eigenvalue weighted by molar-refractivity contribution is -0.141. The van der Waals surface area contributed by atoms with Crippen LogP contribution in [-0.4, -0.2) is 51.1 Å². The summed E-state index contributed by atoms with van der Waals surface area (Å²) in [6.45, 7) is 0.0285. The molecule has 0 N–H and O–H groups in total. The summed E-state index contributed by atoms with van der Waals surface area (Å²) in [5, 5.41) is 0. The second-order valence-corrected chi connectivity index (χ2v) is 7.89. The fourth-order valence-electron chi connectivity index (χ4n) is 2.63. The molecular weight excluding hydrogens is 401 g/mol. The van der Waals surface area contributed by atoms with Crippen molar-refractivity contribution in [1.29, 1.82) is 0 Å². The molecule has 7 nitrogen and oxygen atoms in total. The molecule has 152 valence electrons. The highest BCUT2D eigenvalue weighted by Crippen LogP contribution is 2.33. The smallest absolute Gasteiger partial charge is 0.433 e. The summed E-state index contributed by atoms with van der Waals surface area (Å²) in [4.78, 5) is 3.27. The van der Waals surface area contributed by atoms with E-state index in [1.807, 2.05) is 0 Å². The molecule has 11 heteroatoms. The Morgan fingerprint density at radius 3 is 2.36 bits per heavy atom. The summed E-state index contributed by atoms with van der Waals surface area (Å²) in [7, 11) is -0.959. The quantitative estimate of drug-likeness (QED) is 0.718. The third-order valence-electron chi connectivity index (χ3n) is 4.13. The summed E-state index contributed by atoms with van der Waals surface area (Å²) in [6, 6.07) is 6.30. The van der Waals surface area contributed by atoms with Crippen molar-refractivity contribution in [3.05, 3.63) is 42.2 Å². The van der Waals surface area contributed by atoms with Crippen molar-refractivity contribution in [3.63, 3.8) is 0 Å². The fourth-order valence-corrected chi connectivity index (χ4v) is 4.15. The molecule has 0 aliphatic carbocycles. The van der Waals surface area contributed by atoms with Crippen LogP contribution in [-0.2, 0) is 16.2 Å². The molecule has 0 radical (unpaired) electrons. The number of hydrogen-bond donors (Lipinski definition) is 0. The van der Waals surface area contributed by atoms with Gasteiger partial charge in [0.1, 0.15) is 17.5 Å². The first kappa shape index (κ1) is 20.2. The molecule has 0 saturated carbocycles. The molecule has 2 aromatic rings. The fraction of sp³-hybridized carbons (Fsp3) is 0.353. The van der Waals surface area contributed by atoms with Crippen LogP contribution in [0.4, 0.5) is 13.2 Å². The molecule has 0 unspecified atom stereocenters. The number of rotatable bonds is 6. The molecule has 1 fully saturated rings. The molecule has 1 aromatic heterocycles. The number of aromatic nitrogens is 1. The molecule has 1 aromatic carbocycles. The summed E-state index contributed by atoms with van der Waals surface area (Å²) in [6.07, 6.45) is -4.14. The molecule has 0 spiro atoms. The molecule has 1 aliphatic heterocycles. The van der Waals surface area contributed by atoms with Crippen molar-refractivity contribution in [1.82, 2.24) is 9.29 Å². The lowest BCUT2D eigenvalue weighted by Crippen LogP contribution is -2.55. The number of halogens is 3. The summed E-state index contributed by atoms with van der Waals surface area (Å²) < 4.78 is 80.3. The van der Waals surface area contributed by atoms with Crippen LogP contribution in [0.5, 0.6) is 17.2 Å². The minimum atomic E-state index is -4.58. The minimum absolute atomic E-state index is 0.0142. The average molecular weight is 418 g/mol. The summed E-state index contributed by atoms with van der Waals surface area (Å²) in [5.41, 5.74) is -1.07. The van der Waals surface area contributed by atoms with Crippen LogP contribution in [0.1, 0.15) is 5.69 Å². The summed E-state index contributed by atoms with van der Waals surface area (Å²) in [5.74, 6) is 0.647. The Morgan fingerprint density at radius 1 is 1.07 bits per heavy atom. The van der Waals surface area contributed by atoms with Gasteiger partial charge >= 0.3 is 6.18 Å². The highest BCUT2D eigenvalue weighted by molar-refractivity contribution is 7.89. The zero-order valence-corrected chi connectivity index (χ0v) is 15.7. The van der Waals surface area contributed by atoms with E-state index in [-0.39, 0.29) is 29.5 Å². The first-order valence-electron chi connectivity index (χ1n) is 8.07. The van der Waals surface area contributed by atoms with Gasteiger partial charge in [-0.15, -0.1) is 0 Å². The van der Waals surface area contributed by atoms with Crippen LogP contribution >= 0.6 is 0 Å². The van der Waals surface area contributed by atoms with E-state index in [4.69, 9.17) is 14.2 Å². The lowest BCUT2D eigenvalue weighted by atomic mass is 10.2. The van der Waals surface area contributed by atoms with Crippen LogP contribution in [0.15, 0.2) is 41.4 Å². The standard InChI is InChI=1S/C17H17F3N2O5S/c1-25-14-4-3-13(8-15(14)26-2)28(23,24)22-9-12(10-22)27-11-5-6-21-16(7-11)17(18,19)20/h3-8,12H,9-10H2,1-2H3. The molecular formula is C17H17F3N2O5S. The van der Waals surface area contributed by atoms with Crippen molar-refractivity contribution in [2.75, 3.05) is 27.3 Å². The van der Waals surface area contributed by atoms with Gasteiger partial charge in [-0.2, -0.15) is 17.5 Å². The van der Waals surface area contributed by atoms with Gasteiger partial charge in [0.05, 0.1) is 32.2 Å². The Bertz CT molecular complexity index is 960.